The van der Waals surface area contributed by atoms with Crippen LogP contribution in [0.4, 0.5) is 0 Å². The average molecular weight is 425 g/mol. The minimum absolute atomic E-state index is 0. The Morgan fingerprint density at radius 1 is 1.32 bits per heavy atom. The molecule has 1 rings (SSSR count). The van der Waals surface area contributed by atoms with E-state index in [4.69, 9.17) is 0 Å². The summed E-state index contributed by atoms with van der Waals surface area (Å²) in [5, 5.41) is 6.93. The Kier molecular flexibility index (Phi) is 10.6. The molecule has 0 aromatic carbocycles. The SMILES string of the molecule is CCN1CCCC1CN(C)C(=NC)NCCNC(C)(C)C.I. The van der Waals surface area contributed by atoms with E-state index < -0.39 is 0 Å². The number of hydrogen-bond acceptors (Lipinski definition) is 3. The first kappa shape index (κ1) is 21.9. The van der Waals surface area contributed by atoms with Crippen molar-refractivity contribution in [2.45, 2.75) is 52.1 Å². The first-order valence-electron chi connectivity index (χ1n) is 8.28. The largest absolute Gasteiger partial charge is 0.355 e. The van der Waals surface area contributed by atoms with Gasteiger partial charge in [0.15, 0.2) is 5.96 Å². The number of hydrogen-bond donors (Lipinski definition) is 2. The molecule has 1 saturated heterocycles. The van der Waals surface area contributed by atoms with Gasteiger partial charge >= 0.3 is 0 Å². The topological polar surface area (TPSA) is 42.9 Å². The number of halogens is 1. The van der Waals surface area contributed by atoms with Gasteiger partial charge in [-0.25, -0.2) is 0 Å². The van der Waals surface area contributed by atoms with Gasteiger partial charge in [0.1, 0.15) is 0 Å². The molecule has 2 N–H and O–H groups in total. The van der Waals surface area contributed by atoms with E-state index in [2.05, 4.69) is 60.2 Å². The summed E-state index contributed by atoms with van der Waals surface area (Å²) in [5.41, 5.74) is 0.169. The van der Waals surface area contributed by atoms with Gasteiger partial charge in [-0.3, -0.25) is 9.89 Å². The molecule has 6 heteroatoms. The van der Waals surface area contributed by atoms with Crippen LogP contribution in [0.3, 0.4) is 0 Å². The van der Waals surface area contributed by atoms with Gasteiger partial charge in [0.05, 0.1) is 0 Å². The predicted octanol–water partition coefficient (Wildman–Crippen LogP) is 1.98. The van der Waals surface area contributed by atoms with Crippen molar-refractivity contribution in [3.05, 3.63) is 0 Å². The van der Waals surface area contributed by atoms with Crippen molar-refractivity contribution in [3.8, 4) is 0 Å². The summed E-state index contributed by atoms with van der Waals surface area (Å²) in [6.45, 7) is 14.1. The summed E-state index contributed by atoms with van der Waals surface area (Å²) >= 11 is 0. The highest BCUT2D eigenvalue weighted by atomic mass is 127. The zero-order chi connectivity index (χ0) is 15.9. The van der Waals surface area contributed by atoms with Crippen LogP contribution in [0.5, 0.6) is 0 Å². The number of aliphatic imine (C=N–C) groups is 1. The van der Waals surface area contributed by atoms with Crippen molar-refractivity contribution in [3.63, 3.8) is 0 Å². The van der Waals surface area contributed by atoms with Crippen molar-refractivity contribution in [2.24, 2.45) is 4.99 Å². The van der Waals surface area contributed by atoms with E-state index in [1.165, 1.54) is 19.4 Å². The molecule has 0 radical (unpaired) electrons. The molecule has 132 valence electrons. The lowest BCUT2D eigenvalue weighted by Gasteiger charge is -2.30. The minimum Gasteiger partial charge on any atom is -0.355 e. The maximum atomic E-state index is 4.40. The molecular formula is C16H36IN5. The summed E-state index contributed by atoms with van der Waals surface area (Å²) in [4.78, 5) is 9.23. The molecule has 1 heterocycles. The molecule has 5 nitrogen and oxygen atoms in total. The molecule has 1 fully saturated rings. The van der Waals surface area contributed by atoms with Crippen molar-refractivity contribution in [1.82, 2.24) is 20.4 Å². The van der Waals surface area contributed by atoms with Crippen molar-refractivity contribution in [1.29, 1.82) is 0 Å². The van der Waals surface area contributed by atoms with Crippen molar-refractivity contribution in [2.75, 3.05) is 46.8 Å². The van der Waals surface area contributed by atoms with E-state index in [9.17, 15) is 0 Å². The smallest absolute Gasteiger partial charge is 0.193 e. The zero-order valence-electron chi connectivity index (χ0n) is 15.3. The average Bonchev–Trinajstić information content (AvgIpc) is 2.84. The van der Waals surface area contributed by atoms with Gasteiger partial charge in [-0.2, -0.15) is 0 Å². The Morgan fingerprint density at radius 2 is 2.00 bits per heavy atom. The number of nitrogens with zero attached hydrogens (tertiary/aromatic N) is 3. The summed E-state index contributed by atoms with van der Waals surface area (Å²) in [6, 6.07) is 0.672. The maximum Gasteiger partial charge on any atom is 0.193 e. The van der Waals surface area contributed by atoms with E-state index in [0.29, 0.717) is 6.04 Å². The van der Waals surface area contributed by atoms with Crippen molar-refractivity contribution >= 4 is 29.9 Å². The quantitative estimate of drug-likeness (QED) is 0.296. The number of likely N-dealkylation sites (N-methyl/N-ethyl adjacent to an activating group) is 2. The molecular weight excluding hydrogens is 389 g/mol. The molecule has 0 amide bonds. The normalized spacial score (nSPS) is 19.9. The third-order valence-electron chi connectivity index (χ3n) is 4.03. The first-order chi connectivity index (χ1) is 9.87. The van der Waals surface area contributed by atoms with Gasteiger partial charge in [0, 0.05) is 45.3 Å². The fourth-order valence-electron chi connectivity index (χ4n) is 2.92. The lowest BCUT2D eigenvalue weighted by Crippen LogP contribution is -2.48. The molecule has 1 aliphatic rings. The molecule has 0 bridgehead atoms. The van der Waals surface area contributed by atoms with E-state index >= 15 is 0 Å². The van der Waals surface area contributed by atoms with Crippen LogP contribution in [0.1, 0.15) is 40.5 Å². The molecule has 1 aliphatic heterocycles. The highest BCUT2D eigenvalue weighted by Gasteiger charge is 2.24. The standard InChI is InChI=1S/C16H35N5.HI/c1-7-21-12-8-9-14(21)13-20(6)15(17-5)18-10-11-19-16(2,3)4;/h14,19H,7-13H2,1-6H3,(H,17,18);1H. The molecule has 1 atom stereocenters. The van der Waals surface area contributed by atoms with Gasteiger partial charge in [-0.05, 0) is 46.7 Å². The zero-order valence-corrected chi connectivity index (χ0v) is 17.6. The van der Waals surface area contributed by atoms with Crippen LogP contribution in [-0.4, -0.2) is 74.2 Å². The monoisotopic (exact) mass is 425 g/mol. The Balaban J connectivity index is 0.00000441. The van der Waals surface area contributed by atoms with E-state index in [1.54, 1.807) is 0 Å². The molecule has 0 aliphatic carbocycles. The Labute approximate surface area is 154 Å². The Morgan fingerprint density at radius 3 is 2.55 bits per heavy atom. The van der Waals surface area contributed by atoms with E-state index in [-0.39, 0.29) is 29.5 Å². The maximum absolute atomic E-state index is 4.40. The third-order valence-corrected chi connectivity index (χ3v) is 4.03. The van der Waals surface area contributed by atoms with Gasteiger partial charge in [-0.15, -0.1) is 24.0 Å². The summed E-state index contributed by atoms with van der Waals surface area (Å²) in [7, 11) is 4.00. The molecule has 0 aromatic heterocycles. The predicted molar refractivity (Wildman–Crippen MR) is 107 cm³/mol. The number of likely N-dealkylation sites (tertiary alicyclic amines) is 1. The second-order valence-electron chi connectivity index (χ2n) is 6.96. The molecule has 1 unspecified atom stereocenters. The summed E-state index contributed by atoms with van der Waals surface area (Å²) in [6.07, 6.45) is 2.63. The Hall–Kier alpha value is -0.0800. The summed E-state index contributed by atoms with van der Waals surface area (Å²) in [5.74, 6) is 0.994. The van der Waals surface area contributed by atoms with Gasteiger partial charge in [0.2, 0.25) is 0 Å². The number of guanidine groups is 1. The van der Waals surface area contributed by atoms with E-state index in [0.717, 1.165) is 32.1 Å². The lowest BCUT2D eigenvalue weighted by molar-refractivity contribution is 0.232. The number of nitrogens with one attached hydrogen (secondary N) is 2. The van der Waals surface area contributed by atoms with Gasteiger partial charge in [-0.1, -0.05) is 6.92 Å². The fraction of sp³-hybridized carbons (Fsp3) is 0.938. The van der Waals surface area contributed by atoms with Gasteiger partial charge in [0.25, 0.3) is 0 Å². The van der Waals surface area contributed by atoms with Crippen LogP contribution in [0.15, 0.2) is 4.99 Å². The molecule has 22 heavy (non-hydrogen) atoms. The fourth-order valence-corrected chi connectivity index (χ4v) is 2.92. The second-order valence-corrected chi connectivity index (χ2v) is 6.96. The van der Waals surface area contributed by atoms with Crippen molar-refractivity contribution < 1.29 is 0 Å². The van der Waals surface area contributed by atoms with Crippen LogP contribution in [-0.2, 0) is 0 Å². The highest BCUT2D eigenvalue weighted by molar-refractivity contribution is 14.0. The van der Waals surface area contributed by atoms with Crippen LogP contribution < -0.4 is 10.6 Å². The summed E-state index contributed by atoms with van der Waals surface area (Å²) < 4.78 is 0. The molecule has 0 saturated carbocycles. The van der Waals surface area contributed by atoms with Crippen LogP contribution >= 0.6 is 24.0 Å². The van der Waals surface area contributed by atoms with Crippen LogP contribution in [0.25, 0.3) is 0 Å². The Bertz CT molecular complexity index is 327. The minimum atomic E-state index is 0. The third kappa shape index (κ3) is 7.97. The van der Waals surface area contributed by atoms with Crippen LogP contribution in [0.2, 0.25) is 0 Å². The first-order valence-corrected chi connectivity index (χ1v) is 8.28. The molecule has 0 aromatic rings. The van der Waals surface area contributed by atoms with Crippen LogP contribution in [0, 0.1) is 0 Å². The highest BCUT2D eigenvalue weighted by Crippen LogP contribution is 2.17. The number of rotatable bonds is 6. The molecule has 0 spiro atoms. The van der Waals surface area contributed by atoms with Gasteiger partial charge < -0.3 is 15.5 Å². The lowest BCUT2D eigenvalue weighted by atomic mass is 10.1. The second kappa shape index (κ2) is 10.6. The van der Waals surface area contributed by atoms with E-state index in [1.807, 2.05) is 7.05 Å².